The fourth-order valence-electron chi connectivity index (χ4n) is 16.9. The smallest absolute Gasteiger partial charge is 0.241 e. The van der Waals surface area contributed by atoms with E-state index in [0.717, 1.165) is 83.7 Å². The van der Waals surface area contributed by atoms with Gasteiger partial charge in [0.2, 0.25) is 23.8 Å². The monoisotopic (exact) mass is 1460 g/mol. The van der Waals surface area contributed by atoms with Gasteiger partial charge in [-0.25, -0.2) is 29.7 Å². The number of rotatable bonds is 15. The standard InChI is InChI=1S/C99H72N14/c1-97(2)79-49-27-25-47-73(79)75-53-51-71(59-81(75)97)112(93-104-85(61-31-13-7-14-32-61)100-86(105-93)62-33-15-8-16-34-62)95-108-89(65-39-21-11-22-40-65)102-91(110-95)69-45-29-43-67(57-69)68-44-30-46-70(58-68)92-103-90(66-41-23-12-24-42-66)109-96(111-92)113(94-106-87(63-35-17-9-18-36-63)101-88(107-94)64-37-19-10-20-38-64)72-52-54-76-78-56-55-77-74-48-26-28-50-80(74)98(3,4)83(77)84(78)99(5,6)82(76)60-72/h7-60H,1-6H3. The lowest BCUT2D eigenvalue weighted by Gasteiger charge is -2.31. The van der Waals surface area contributed by atoms with E-state index in [1.165, 1.54) is 50.1 Å². The minimum absolute atomic E-state index is 0.239. The summed E-state index contributed by atoms with van der Waals surface area (Å²) >= 11 is 0. The summed E-state index contributed by atoms with van der Waals surface area (Å²) in [6.45, 7) is 14.0. The molecule has 3 aliphatic rings. The molecular weight excluding hydrogens is 1390 g/mol. The van der Waals surface area contributed by atoms with Crippen molar-refractivity contribution >= 4 is 35.2 Å². The van der Waals surface area contributed by atoms with Crippen LogP contribution in [0.2, 0.25) is 0 Å². The molecule has 14 nitrogen and oxygen atoms in total. The maximum atomic E-state index is 5.60. The van der Waals surface area contributed by atoms with Crippen LogP contribution in [-0.2, 0) is 16.2 Å². The molecule has 14 heteroatoms. The van der Waals surface area contributed by atoms with Gasteiger partial charge in [-0.2, -0.15) is 39.9 Å². The second-order valence-corrected chi connectivity index (χ2v) is 30.5. The Morgan fingerprint density at radius 2 is 0.407 bits per heavy atom. The van der Waals surface area contributed by atoms with Crippen LogP contribution in [-0.4, -0.2) is 59.8 Å². The zero-order chi connectivity index (χ0) is 76.1. The molecule has 17 aromatic rings. The minimum atomic E-state index is -0.447. The van der Waals surface area contributed by atoms with Crippen LogP contribution in [0.15, 0.2) is 328 Å². The fraction of sp³-hybridized carbons (Fsp3) is 0.0909. The van der Waals surface area contributed by atoms with Crippen molar-refractivity contribution in [2.24, 2.45) is 0 Å². The Hall–Kier alpha value is -14.5. The van der Waals surface area contributed by atoms with E-state index in [-0.39, 0.29) is 10.8 Å². The second kappa shape index (κ2) is 27.0. The fourth-order valence-corrected chi connectivity index (χ4v) is 16.9. The van der Waals surface area contributed by atoms with Crippen molar-refractivity contribution in [2.75, 3.05) is 9.80 Å². The number of hydrogen-bond donors (Lipinski definition) is 0. The number of aromatic nitrogens is 12. The van der Waals surface area contributed by atoms with Crippen molar-refractivity contribution in [3.8, 4) is 136 Å². The van der Waals surface area contributed by atoms with Gasteiger partial charge >= 0.3 is 0 Å². The average Bonchev–Trinajstić information content (AvgIpc) is 1.53. The summed E-state index contributed by atoms with van der Waals surface area (Å²) in [5, 5.41) is 0. The molecule has 0 N–H and O–H groups in total. The van der Waals surface area contributed by atoms with Gasteiger partial charge in [-0.3, -0.25) is 0 Å². The van der Waals surface area contributed by atoms with E-state index in [1.54, 1.807) is 0 Å². The second-order valence-electron chi connectivity index (χ2n) is 30.5. The summed E-state index contributed by atoms with van der Waals surface area (Å²) in [5.74, 6) is 5.04. The highest BCUT2D eigenvalue weighted by Gasteiger charge is 2.46. The number of nitrogens with zero attached hydrogens (tertiary/aromatic N) is 14. The molecule has 0 atom stereocenters. The lowest BCUT2D eigenvalue weighted by Crippen LogP contribution is -2.24. The molecule has 3 aliphatic carbocycles. The highest BCUT2D eigenvalue weighted by molar-refractivity contribution is 5.93. The lowest BCUT2D eigenvalue weighted by atomic mass is 9.72. The molecule has 0 amide bonds. The molecule has 0 bridgehead atoms. The molecule has 13 aromatic carbocycles. The van der Waals surface area contributed by atoms with E-state index in [1.807, 2.05) is 216 Å². The molecule has 4 heterocycles. The topological polar surface area (TPSA) is 161 Å². The van der Waals surface area contributed by atoms with Crippen molar-refractivity contribution in [3.63, 3.8) is 0 Å². The third-order valence-electron chi connectivity index (χ3n) is 22.5. The Balaban J connectivity index is 0.744. The van der Waals surface area contributed by atoms with Crippen LogP contribution in [0.5, 0.6) is 0 Å². The molecular formula is C99H72N14. The zero-order valence-corrected chi connectivity index (χ0v) is 62.9. The molecule has 113 heavy (non-hydrogen) atoms. The van der Waals surface area contributed by atoms with Gasteiger partial charge < -0.3 is 0 Å². The van der Waals surface area contributed by atoms with Gasteiger partial charge in [0.25, 0.3) is 0 Å². The van der Waals surface area contributed by atoms with E-state index in [9.17, 15) is 0 Å². The number of benzene rings is 13. The highest BCUT2D eigenvalue weighted by atomic mass is 15.4. The Morgan fingerprint density at radius 1 is 0.177 bits per heavy atom. The average molecular weight is 1460 g/mol. The highest BCUT2D eigenvalue weighted by Crippen LogP contribution is 2.60. The van der Waals surface area contributed by atoms with E-state index >= 15 is 0 Å². The van der Waals surface area contributed by atoms with Crippen LogP contribution in [0.4, 0.5) is 35.2 Å². The molecule has 0 radical (unpaired) electrons. The predicted octanol–water partition coefficient (Wildman–Crippen LogP) is 23.3. The first-order chi connectivity index (χ1) is 55.2. The third kappa shape index (κ3) is 11.8. The molecule has 20 rings (SSSR count). The first-order valence-corrected chi connectivity index (χ1v) is 38.1. The molecule has 0 fully saturated rings. The van der Waals surface area contributed by atoms with Crippen LogP contribution in [0.3, 0.4) is 0 Å². The van der Waals surface area contributed by atoms with Crippen LogP contribution in [0, 0.1) is 0 Å². The summed E-state index contributed by atoms with van der Waals surface area (Å²) in [7, 11) is 0. The van der Waals surface area contributed by atoms with Gasteiger partial charge in [0, 0.05) is 60.8 Å². The van der Waals surface area contributed by atoms with E-state index < -0.39 is 5.41 Å². The molecule has 0 spiro atoms. The van der Waals surface area contributed by atoms with Gasteiger partial charge in [0.05, 0.1) is 11.4 Å². The SMILES string of the molecule is CC1(C)c2ccccc2-c2ccc(N(c3nc(-c4ccccc4)nc(-c4ccccc4)n3)c3nc(-c4ccccc4)nc(-c4cccc(-c5cccc(-c6nc(-c7ccccc7)nc(N(c7ccc8c(c7)C(C)(C)c7c-8ccc8c7C(C)(C)c7ccccc7-8)c7nc(-c8ccccc8)nc(-c8ccccc8)n7)n6)c5)c4)n3)cc21. The Bertz CT molecular complexity index is 6480. The first-order valence-electron chi connectivity index (χ1n) is 38.1. The van der Waals surface area contributed by atoms with Gasteiger partial charge in [0.1, 0.15) is 0 Å². The predicted molar refractivity (Wildman–Crippen MR) is 451 cm³/mol. The maximum absolute atomic E-state index is 5.60. The quantitative estimate of drug-likeness (QED) is 0.0953. The summed E-state index contributed by atoms with van der Waals surface area (Å²) in [6, 6.07) is 112. The summed E-state index contributed by atoms with van der Waals surface area (Å²) in [5.41, 5.74) is 23.7. The van der Waals surface area contributed by atoms with Crippen molar-refractivity contribution < 1.29 is 0 Å². The summed E-state index contributed by atoms with van der Waals surface area (Å²) < 4.78 is 0. The molecule has 4 aromatic heterocycles. The minimum Gasteiger partial charge on any atom is -0.246 e. The van der Waals surface area contributed by atoms with Crippen molar-refractivity contribution in [1.29, 1.82) is 0 Å². The van der Waals surface area contributed by atoms with Crippen LogP contribution < -0.4 is 9.80 Å². The van der Waals surface area contributed by atoms with Gasteiger partial charge in [-0.15, -0.1) is 0 Å². The largest absolute Gasteiger partial charge is 0.246 e. The van der Waals surface area contributed by atoms with Crippen LogP contribution in [0.25, 0.3) is 136 Å². The van der Waals surface area contributed by atoms with Crippen molar-refractivity contribution in [3.05, 3.63) is 361 Å². The Morgan fingerprint density at radius 3 is 0.743 bits per heavy atom. The molecule has 0 aliphatic heterocycles. The maximum Gasteiger partial charge on any atom is 0.241 e. The van der Waals surface area contributed by atoms with E-state index in [2.05, 4.69) is 163 Å². The Labute approximate surface area is 655 Å². The van der Waals surface area contributed by atoms with Crippen molar-refractivity contribution in [1.82, 2.24) is 59.8 Å². The number of anilines is 6. The Kier molecular flexibility index (Phi) is 16.2. The van der Waals surface area contributed by atoms with Gasteiger partial charge in [0.15, 0.2) is 46.6 Å². The molecule has 0 saturated heterocycles. The summed E-state index contributed by atoms with van der Waals surface area (Å²) in [6.07, 6.45) is 0. The van der Waals surface area contributed by atoms with E-state index in [0.29, 0.717) is 70.4 Å². The number of fused-ring (bicyclic) bond motifs is 10. The zero-order valence-electron chi connectivity index (χ0n) is 62.9. The number of hydrogen-bond acceptors (Lipinski definition) is 14. The van der Waals surface area contributed by atoms with Crippen LogP contribution >= 0.6 is 0 Å². The van der Waals surface area contributed by atoms with E-state index in [4.69, 9.17) is 59.8 Å². The van der Waals surface area contributed by atoms with Gasteiger partial charge in [-0.1, -0.05) is 333 Å². The van der Waals surface area contributed by atoms with Crippen molar-refractivity contribution in [2.45, 2.75) is 57.8 Å². The normalized spacial score (nSPS) is 13.4. The molecule has 0 unspecified atom stereocenters. The molecule has 0 saturated carbocycles. The summed E-state index contributed by atoms with van der Waals surface area (Å²) in [4.78, 5) is 68.7. The van der Waals surface area contributed by atoms with Gasteiger partial charge in [-0.05, 0) is 114 Å². The first kappa shape index (κ1) is 67.8. The lowest BCUT2D eigenvalue weighted by molar-refractivity contribution is 0.601. The molecule has 538 valence electrons. The third-order valence-corrected chi connectivity index (χ3v) is 22.5. The van der Waals surface area contributed by atoms with Crippen LogP contribution in [0.1, 0.15) is 74.9 Å².